The normalized spacial score (nSPS) is 10.4. The molecule has 0 aliphatic carbocycles. The number of hydrogen-bond donors (Lipinski definition) is 2. The van der Waals surface area contributed by atoms with Crippen LogP contribution in [0.4, 0.5) is 5.69 Å². The minimum atomic E-state index is 0.489. The van der Waals surface area contributed by atoms with Crippen molar-refractivity contribution in [2.24, 2.45) is 0 Å². The van der Waals surface area contributed by atoms with Gasteiger partial charge in [-0.15, -0.1) is 0 Å². The van der Waals surface area contributed by atoms with Gasteiger partial charge < -0.3 is 14.9 Å². The molecule has 3 rings (SSSR count). The Kier molecular flexibility index (Phi) is 6.52. The summed E-state index contributed by atoms with van der Waals surface area (Å²) in [6, 6.07) is 24.0. The summed E-state index contributed by atoms with van der Waals surface area (Å²) in [6.45, 7) is 1.15. The molecule has 0 amide bonds. The summed E-state index contributed by atoms with van der Waals surface area (Å²) in [4.78, 5) is 0. The molecule has 0 heterocycles. The van der Waals surface area contributed by atoms with Crippen molar-refractivity contribution in [2.45, 2.75) is 13.2 Å². The van der Waals surface area contributed by atoms with Gasteiger partial charge in [-0.3, -0.25) is 0 Å². The summed E-state index contributed by atoms with van der Waals surface area (Å²) < 4.78 is 12.4. The monoisotopic (exact) mass is 412 g/mol. The number of benzene rings is 3. The molecule has 0 aliphatic heterocycles. The smallest absolute Gasteiger partial charge is 0.161 e. The van der Waals surface area contributed by atoms with Gasteiger partial charge in [-0.1, -0.05) is 52.3 Å². The number of methoxy groups -OCH3 is 1. The van der Waals surface area contributed by atoms with Gasteiger partial charge in [0.2, 0.25) is 0 Å². The topological polar surface area (TPSA) is 42.5 Å². The molecule has 5 heteroatoms. The molecule has 26 heavy (non-hydrogen) atoms. The lowest BCUT2D eigenvalue weighted by atomic mass is 10.2. The van der Waals surface area contributed by atoms with E-state index in [9.17, 15) is 0 Å². The first-order valence-corrected chi connectivity index (χ1v) is 9.12. The SMILES string of the molecule is COc1ccc(CNNc2ccccc2)cc1OCc1ccc(Br)cc1. The Morgan fingerprint density at radius 3 is 2.31 bits per heavy atom. The second-order valence-electron chi connectivity index (χ2n) is 5.74. The number of hydrogen-bond acceptors (Lipinski definition) is 4. The zero-order chi connectivity index (χ0) is 18.2. The van der Waals surface area contributed by atoms with Gasteiger partial charge in [0.05, 0.1) is 7.11 Å². The van der Waals surface area contributed by atoms with E-state index in [0.29, 0.717) is 13.2 Å². The lowest BCUT2D eigenvalue weighted by molar-refractivity contribution is 0.284. The van der Waals surface area contributed by atoms with Crippen LogP contribution in [-0.2, 0) is 13.2 Å². The van der Waals surface area contributed by atoms with Crippen LogP contribution in [0, 0.1) is 0 Å². The molecule has 4 nitrogen and oxygen atoms in total. The highest BCUT2D eigenvalue weighted by molar-refractivity contribution is 9.10. The summed E-state index contributed by atoms with van der Waals surface area (Å²) in [7, 11) is 1.65. The molecule has 0 atom stereocenters. The number of hydrazine groups is 1. The van der Waals surface area contributed by atoms with Gasteiger partial charge in [0.1, 0.15) is 6.61 Å². The van der Waals surface area contributed by atoms with E-state index in [4.69, 9.17) is 9.47 Å². The number of rotatable bonds is 8. The first kappa shape index (κ1) is 18.3. The van der Waals surface area contributed by atoms with Gasteiger partial charge in [0.15, 0.2) is 11.5 Å². The zero-order valence-corrected chi connectivity index (χ0v) is 16.1. The van der Waals surface area contributed by atoms with E-state index in [1.54, 1.807) is 7.11 Å². The Hall–Kier alpha value is -2.50. The molecule has 2 N–H and O–H groups in total. The largest absolute Gasteiger partial charge is 0.493 e. The molecular weight excluding hydrogens is 392 g/mol. The fourth-order valence-electron chi connectivity index (χ4n) is 2.46. The van der Waals surface area contributed by atoms with Crippen molar-refractivity contribution in [3.8, 4) is 11.5 Å². The van der Waals surface area contributed by atoms with Crippen molar-refractivity contribution < 1.29 is 9.47 Å². The summed E-state index contributed by atoms with van der Waals surface area (Å²) in [5.74, 6) is 1.45. The molecule has 3 aromatic carbocycles. The fourth-order valence-corrected chi connectivity index (χ4v) is 2.72. The van der Waals surface area contributed by atoms with E-state index in [0.717, 1.165) is 32.8 Å². The Balaban J connectivity index is 1.61. The van der Waals surface area contributed by atoms with E-state index in [2.05, 4.69) is 26.8 Å². The lowest BCUT2D eigenvalue weighted by Crippen LogP contribution is -2.20. The molecule has 0 aliphatic rings. The first-order valence-electron chi connectivity index (χ1n) is 8.32. The minimum Gasteiger partial charge on any atom is -0.493 e. The second-order valence-corrected chi connectivity index (χ2v) is 6.66. The molecule has 0 radical (unpaired) electrons. The van der Waals surface area contributed by atoms with Crippen molar-refractivity contribution in [3.63, 3.8) is 0 Å². The minimum absolute atomic E-state index is 0.489. The van der Waals surface area contributed by atoms with Crippen LogP contribution in [0.15, 0.2) is 77.3 Å². The number of halogens is 1. The number of para-hydroxylation sites is 1. The highest BCUT2D eigenvalue weighted by Gasteiger charge is 2.06. The van der Waals surface area contributed by atoms with Gasteiger partial charge in [0.25, 0.3) is 0 Å². The predicted molar refractivity (Wildman–Crippen MR) is 108 cm³/mol. The van der Waals surface area contributed by atoms with E-state index >= 15 is 0 Å². The van der Waals surface area contributed by atoms with Gasteiger partial charge >= 0.3 is 0 Å². The number of ether oxygens (including phenoxy) is 2. The molecule has 0 saturated carbocycles. The molecule has 0 bridgehead atoms. The lowest BCUT2D eigenvalue weighted by Gasteiger charge is -2.13. The molecule has 0 spiro atoms. The molecule has 0 unspecified atom stereocenters. The first-order chi connectivity index (χ1) is 12.7. The molecule has 3 aromatic rings. The molecule has 0 saturated heterocycles. The van der Waals surface area contributed by atoms with E-state index in [1.807, 2.05) is 72.8 Å². The summed E-state index contributed by atoms with van der Waals surface area (Å²) in [6.07, 6.45) is 0. The zero-order valence-electron chi connectivity index (χ0n) is 14.5. The van der Waals surface area contributed by atoms with Gasteiger partial charge in [-0.2, -0.15) is 0 Å². The maximum Gasteiger partial charge on any atom is 0.161 e. The fraction of sp³-hybridized carbons (Fsp3) is 0.143. The van der Waals surface area contributed by atoms with Crippen LogP contribution in [-0.4, -0.2) is 7.11 Å². The summed E-state index contributed by atoms with van der Waals surface area (Å²) in [5, 5.41) is 0. The quantitative estimate of drug-likeness (QED) is 0.501. The standard InChI is InChI=1S/C21H21BrN2O2/c1-25-20-12-9-17(14-23-24-19-5-3-2-4-6-19)13-21(20)26-15-16-7-10-18(22)11-8-16/h2-13,23-24H,14-15H2,1H3. The third-order valence-corrected chi connectivity index (χ3v) is 4.36. The van der Waals surface area contributed by atoms with Gasteiger partial charge in [-0.05, 0) is 47.5 Å². The predicted octanol–water partition coefficient (Wildman–Crippen LogP) is 5.15. The summed E-state index contributed by atoms with van der Waals surface area (Å²) in [5.41, 5.74) is 9.61. The Bertz CT molecular complexity index is 823. The maximum atomic E-state index is 5.97. The Labute approximate surface area is 162 Å². The van der Waals surface area contributed by atoms with Crippen molar-refractivity contribution in [2.75, 3.05) is 12.5 Å². The summed E-state index contributed by atoms with van der Waals surface area (Å²) >= 11 is 3.44. The van der Waals surface area contributed by atoms with Crippen LogP contribution in [0.3, 0.4) is 0 Å². The van der Waals surface area contributed by atoms with Gasteiger partial charge in [-0.25, -0.2) is 5.43 Å². The van der Waals surface area contributed by atoms with Crippen LogP contribution in [0.2, 0.25) is 0 Å². The average Bonchev–Trinajstić information content (AvgIpc) is 2.68. The van der Waals surface area contributed by atoms with Crippen molar-refractivity contribution in [1.29, 1.82) is 0 Å². The Morgan fingerprint density at radius 2 is 1.58 bits per heavy atom. The van der Waals surface area contributed by atoms with Crippen LogP contribution in [0.5, 0.6) is 11.5 Å². The van der Waals surface area contributed by atoms with Crippen LogP contribution in [0.1, 0.15) is 11.1 Å². The highest BCUT2D eigenvalue weighted by atomic mass is 79.9. The van der Waals surface area contributed by atoms with Crippen LogP contribution < -0.4 is 20.3 Å². The molecule has 0 fully saturated rings. The van der Waals surface area contributed by atoms with Crippen LogP contribution >= 0.6 is 15.9 Å². The Morgan fingerprint density at radius 1 is 0.846 bits per heavy atom. The second kappa shape index (κ2) is 9.27. The number of nitrogens with one attached hydrogen (secondary N) is 2. The maximum absolute atomic E-state index is 5.97. The molecular formula is C21H21BrN2O2. The van der Waals surface area contributed by atoms with E-state index in [1.165, 1.54) is 0 Å². The third-order valence-electron chi connectivity index (χ3n) is 3.83. The number of anilines is 1. The molecule has 0 aromatic heterocycles. The van der Waals surface area contributed by atoms with Crippen molar-refractivity contribution in [3.05, 3.63) is 88.4 Å². The van der Waals surface area contributed by atoms with Gasteiger partial charge in [0, 0.05) is 16.7 Å². The molecule has 134 valence electrons. The van der Waals surface area contributed by atoms with Crippen molar-refractivity contribution >= 4 is 21.6 Å². The van der Waals surface area contributed by atoms with Crippen LogP contribution in [0.25, 0.3) is 0 Å². The van der Waals surface area contributed by atoms with E-state index < -0.39 is 0 Å². The van der Waals surface area contributed by atoms with E-state index in [-0.39, 0.29) is 0 Å². The highest BCUT2D eigenvalue weighted by Crippen LogP contribution is 2.29. The van der Waals surface area contributed by atoms with Crippen molar-refractivity contribution in [1.82, 2.24) is 5.43 Å². The third kappa shape index (κ3) is 5.25. The average molecular weight is 413 g/mol.